The van der Waals surface area contributed by atoms with E-state index in [1.165, 1.54) is 336 Å². The molecule has 0 saturated heterocycles. The Labute approximate surface area is 812 Å². The molecule has 0 bridgehead atoms. The molecule has 0 spiro atoms. The molecule has 8 nitrogen and oxygen atoms in total. The van der Waals surface area contributed by atoms with E-state index in [4.69, 9.17) is 15.0 Å². The van der Waals surface area contributed by atoms with Crippen LogP contribution in [-0.2, 0) is 103 Å². The number of pyridine rings is 4. The van der Waals surface area contributed by atoms with Gasteiger partial charge in [0, 0.05) is 105 Å². The second kappa shape index (κ2) is 28.5. The Balaban J connectivity index is 0.0000000829. The topological polar surface area (TPSA) is 64.5 Å². The van der Waals surface area contributed by atoms with E-state index in [2.05, 4.69) is 346 Å². The first kappa shape index (κ1) is 76.5. The van der Waals surface area contributed by atoms with Gasteiger partial charge in [-0.05, 0) is 368 Å². The second-order valence-electron chi connectivity index (χ2n) is 41.3. The van der Waals surface area contributed by atoms with Gasteiger partial charge in [0.25, 0.3) is 0 Å². The maximum atomic E-state index is 4.93. The molecule has 8 heteroatoms. The molecule has 4 aromatic heterocycles. The zero-order chi connectivity index (χ0) is 90.7. The first-order chi connectivity index (χ1) is 69.4. The average molecular weight is 1790 g/mol. The number of hydrogen-bond acceptors (Lipinski definition) is 8. The van der Waals surface area contributed by atoms with Gasteiger partial charge < -0.3 is 19.6 Å². The maximum Gasteiger partial charge on any atom is 0.0716 e. The number of fused-ring (bicyclic) bond motifs is 48. The lowest BCUT2D eigenvalue weighted by molar-refractivity contribution is 0.960. The Morgan fingerprint density at radius 2 is 0.393 bits per heavy atom. The molecule has 8 aliphatic carbocycles. The van der Waals surface area contributed by atoms with E-state index < -0.39 is 0 Å². The molecule has 656 valence electrons. The fourth-order valence-electron chi connectivity index (χ4n) is 28.6. The van der Waals surface area contributed by atoms with Crippen molar-refractivity contribution in [3.63, 3.8) is 0 Å². The lowest BCUT2D eigenvalue weighted by atomic mass is 9.83. The summed E-state index contributed by atoms with van der Waals surface area (Å²) in [5.41, 5.74) is 84.6. The van der Waals surface area contributed by atoms with Gasteiger partial charge in [-0.25, -0.2) is 0 Å². The summed E-state index contributed by atoms with van der Waals surface area (Å²) in [7, 11) is 0. The molecule has 20 aromatic rings. The quantitative estimate of drug-likeness (QED) is 0.149. The predicted octanol–water partition coefficient (Wildman–Crippen LogP) is 30.0. The number of hydrogen-bond donors (Lipinski definition) is 0. The van der Waals surface area contributed by atoms with E-state index in [-0.39, 0.29) is 0 Å². The summed E-state index contributed by atoms with van der Waals surface area (Å²) >= 11 is 0. The van der Waals surface area contributed by atoms with Crippen molar-refractivity contribution >= 4 is 68.2 Å². The van der Waals surface area contributed by atoms with E-state index >= 15 is 0 Å². The zero-order valence-corrected chi connectivity index (χ0v) is 77.2. The van der Waals surface area contributed by atoms with Crippen molar-refractivity contribution in [2.45, 2.75) is 103 Å². The predicted molar refractivity (Wildman–Crippen MR) is 564 cm³/mol. The van der Waals surface area contributed by atoms with Crippen molar-refractivity contribution in [2.75, 3.05) is 19.6 Å². The van der Waals surface area contributed by atoms with Crippen LogP contribution in [0.2, 0.25) is 0 Å². The fraction of sp³-hybridized carbons (Fsp3) is 0.121. The Hall–Kier alpha value is -16.7. The third-order valence-corrected chi connectivity index (χ3v) is 34.3. The SMILES string of the molecule is c1ccc2c(c1)Cc1c-2ccc2c1-c1c(ccc3c1Cc1ccnc4c1N3c1ccccc1C4)C2.c1ccc2c(c1)Cc1ccc3c(c1-2)-c1c(ccc2c1Cc1ccnc4c1N2c1ccccc1C4)C3.c1ccc2c(c1)Cc1ccc3c(c1-2)-c1c(ccc2c1Cc1cncc4c1N2c1ccccc1C4)C3.c1ccc2c(c1)Cc1ccc3c(c1-2)-c1c(ccc2c1Cc1nccc4c1N2c1ccccc1C4)C3. The molecule has 12 heterocycles. The van der Waals surface area contributed by atoms with E-state index in [1.54, 1.807) is 0 Å². The van der Waals surface area contributed by atoms with E-state index in [9.17, 15) is 0 Å². The van der Waals surface area contributed by atoms with Gasteiger partial charge >= 0.3 is 0 Å². The van der Waals surface area contributed by atoms with Crippen LogP contribution in [0.4, 0.5) is 68.2 Å². The average Bonchev–Trinajstić information content (AvgIpc) is 1.43. The standard InChI is InChI=1S/4C33H22N2/c1-3-7-24-19(5-1)16-26-25(24)11-9-21-15-22-10-12-30-27(32(22)31(21)26)17-23-13-14-34-28-18-20-6-2-4-8-29(20)35(30)33(23)28;1-3-7-26-19(5-1)13-21-9-10-23-15-22-11-12-29-27(31(22)32(23)30(21)26)16-25-18-34-17-24-14-20-6-2-4-8-28(20)35(29)33(24)25;1-3-7-25-19(5-1)15-21-9-10-23-16-22-11-12-29-26(31(22)32(23)30(21)25)17-24-13-14-34-27-18-20-6-2-4-8-28(20)35(29)33(24)27;1-3-7-25-19(5-1)15-21-9-10-23-17-22-11-12-29-26(31(22)32(23)30(21)25)18-27-33-24(13-14-34-27)16-20-6-2-4-8-28(20)35(29)33/h1-14H,15-18H2;1-12,17-18H,13-16H2;2*1-14H,15-18H2. The van der Waals surface area contributed by atoms with Crippen LogP contribution in [0.1, 0.15) is 178 Å². The van der Waals surface area contributed by atoms with Gasteiger partial charge in [0.1, 0.15) is 0 Å². The minimum atomic E-state index is 0.894. The highest BCUT2D eigenvalue weighted by molar-refractivity contribution is 6.07. The van der Waals surface area contributed by atoms with Gasteiger partial charge in [-0.2, -0.15) is 0 Å². The number of aromatic nitrogens is 4. The Morgan fingerprint density at radius 1 is 0.143 bits per heavy atom. The van der Waals surface area contributed by atoms with Crippen LogP contribution in [0, 0.1) is 0 Å². The van der Waals surface area contributed by atoms with Crippen molar-refractivity contribution in [3.05, 3.63) is 519 Å². The smallest absolute Gasteiger partial charge is 0.0716 e. The molecule has 140 heavy (non-hydrogen) atoms. The van der Waals surface area contributed by atoms with E-state index in [1.807, 2.05) is 18.6 Å². The van der Waals surface area contributed by atoms with Crippen LogP contribution in [0.15, 0.2) is 340 Å². The Morgan fingerprint density at radius 3 is 0.800 bits per heavy atom. The summed E-state index contributed by atoms with van der Waals surface area (Å²) in [5.74, 6) is 0. The summed E-state index contributed by atoms with van der Waals surface area (Å²) in [6.07, 6.45) is 26.0. The number of para-hydroxylation sites is 4. The van der Waals surface area contributed by atoms with Crippen LogP contribution in [0.3, 0.4) is 0 Å². The molecule has 0 amide bonds. The molecule has 0 fully saturated rings. The monoisotopic (exact) mass is 1780 g/mol. The van der Waals surface area contributed by atoms with Crippen LogP contribution < -0.4 is 19.6 Å². The van der Waals surface area contributed by atoms with E-state index in [0.29, 0.717) is 0 Å². The van der Waals surface area contributed by atoms with Crippen molar-refractivity contribution in [1.82, 2.24) is 19.9 Å². The molecule has 0 saturated carbocycles. The van der Waals surface area contributed by atoms with Gasteiger partial charge in [-0.1, -0.05) is 243 Å². The Bertz CT molecular complexity index is 8510. The highest BCUT2D eigenvalue weighted by Gasteiger charge is 2.45. The van der Waals surface area contributed by atoms with Gasteiger partial charge in [0.05, 0.1) is 62.6 Å². The molecule has 0 N–H and O–H groups in total. The summed E-state index contributed by atoms with van der Waals surface area (Å²) in [6, 6.07) is 116. The summed E-state index contributed by atoms with van der Waals surface area (Å²) in [6.45, 7) is 0. The van der Waals surface area contributed by atoms with Crippen molar-refractivity contribution in [2.24, 2.45) is 0 Å². The van der Waals surface area contributed by atoms with Gasteiger partial charge in [-0.15, -0.1) is 0 Å². The zero-order valence-electron chi connectivity index (χ0n) is 77.2. The van der Waals surface area contributed by atoms with Crippen molar-refractivity contribution < 1.29 is 0 Å². The maximum absolute atomic E-state index is 4.93. The van der Waals surface area contributed by atoms with Crippen molar-refractivity contribution in [1.29, 1.82) is 0 Å². The minimum Gasteiger partial charge on any atom is -0.309 e. The van der Waals surface area contributed by atoms with Crippen molar-refractivity contribution in [3.8, 4) is 89.0 Å². The molecule has 16 aliphatic rings. The number of nitrogens with zero attached hydrogens (tertiary/aromatic N) is 8. The highest BCUT2D eigenvalue weighted by atomic mass is 15.2. The third-order valence-electron chi connectivity index (χ3n) is 34.3. The van der Waals surface area contributed by atoms with Gasteiger partial charge in [0.15, 0.2) is 0 Å². The Kier molecular flexibility index (Phi) is 15.6. The summed E-state index contributed by atoms with van der Waals surface area (Å²) in [5, 5.41) is 0. The minimum absolute atomic E-state index is 0.894. The molecule has 0 radical (unpaired) electrons. The molecule has 36 rings (SSSR count). The fourth-order valence-corrected chi connectivity index (χ4v) is 28.6. The molecule has 0 unspecified atom stereocenters. The number of anilines is 12. The first-order valence-corrected chi connectivity index (χ1v) is 50.3. The lowest BCUT2D eigenvalue weighted by Crippen LogP contribution is -2.25. The summed E-state index contributed by atoms with van der Waals surface area (Å²) < 4.78 is 0. The number of benzene rings is 16. The normalized spacial score (nSPS) is 14.9. The first-order valence-electron chi connectivity index (χ1n) is 50.3. The molecular formula is C132H88N8. The van der Waals surface area contributed by atoms with Crippen LogP contribution in [0.25, 0.3) is 89.0 Å². The lowest BCUT2D eigenvalue weighted by Gasteiger charge is -2.39. The molecule has 0 atom stereocenters. The largest absolute Gasteiger partial charge is 0.309 e. The highest BCUT2D eigenvalue weighted by Crippen LogP contribution is 2.64. The third kappa shape index (κ3) is 10.6. The van der Waals surface area contributed by atoms with Crippen LogP contribution in [-0.4, -0.2) is 19.9 Å². The molecule has 16 aromatic carbocycles. The number of rotatable bonds is 0. The molecular weight excluding hydrogens is 1700 g/mol. The van der Waals surface area contributed by atoms with E-state index in [0.717, 1.165) is 103 Å². The summed E-state index contributed by atoms with van der Waals surface area (Å²) in [4.78, 5) is 29.3. The van der Waals surface area contributed by atoms with Gasteiger partial charge in [0.2, 0.25) is 0 Å². The van der Waals surface area contributed by atoms with Crippen LogP contribution >= 0.6 is 0 Å². The second-order valence-corrected chi connectivity index (χ2v) is 41.3. The van der Waals surface area contributed by atoms with Crippen LogP contribution in [0.5, 0.6) is 0 Å². The molecule has 8 aliphatic heterocycles. The van der Waals surface area contributed by atoms with Gasteiger partial charge in [-0.3, -0.25) is 19.9 Å².